The number of nitrogens with zero attached hydrogens (tertiary/aromatic N) is 3. The fourth-order valence-corrected chi connectivity index (χ4v) is 2.04. The highest BCUT2D eigenvalue weighted by molar-refractivity contribution is 5.01. The van der Waals surface area contributed by atoms with E-state index in [4.69, 9.17) is 0 Å². The number of hydrogen-bond acceptors (Lipinski definition) is 3. The summed E-state index contributed by atoms with van der Waals surface area (Å²) >= 11 is 0. The molecule has 108 valence electrons. The topological polar surface area (TPSA) is 42.7 Å². The van der Waals surface area contributed by atoms with E-state index >= 15 is 0 Å². The van der Waals surface area contributed by atoms with Crippen LogP contribution >= 0.6 is 0 Å². The van der Waals surface area contributed by atoms with Gasteiger partial charge in [-0.05, 0) is 18.9 Å². The Morgan fingerprint density at radius 1 is 1.53 bits per heavy atom. The summed E-state index contributed by atoms with van der Waals surface area (Å²) < 4.78 is 2.02. The zero-order valence-electron chi connectivity index (χ0n) is 12.8. The summed E-state index contributed by atoms with van der Waals surface area (Å²) in [5.41, 5.74) is 0.0247. The zero-order valence-corrected chi connectivity index (χ0v) is 12.8. The minimum absolute atomic E-state index is 0.0247. The molecule has 1 unspecified atom stereocenters. The molecule has 0 fully saturated rings. The van der Waals surface area contributed by atoms with E-state index in [9.17, 15) is 0 Å². The van der Waals surface area contributed by atoms with Crippen molar-refractivity contribution in [3.05, 3.63) is 24.8 Å². The summed E-state index contributed by atoms with van der Waals surface area (Å²) in [5, 5.41) is 7.79. The van der Waals surface area contributed by atoms with Crippen LogP contribution in [-0.4, -0.2) is 27.9 Å². The molecule has 1 rings (SSSR count). The summed E-state index contributed by atoms with van der Waals surface area (Å²) in [6, 6.07) is 0. The van der Waals surface area contributed by atoms with Crippen molar-refractivity contribution < 1.29 is 0 Å². The molecule has 0 aliphatic carbocycles. The van der Waals surface area contributed by atoms with Gasteiger partial charge in [0.25, 0.3) is 0 Å². The zero-order chi connectivity index (χ0) is 14.3. The first kappa shape index (κ1) is 15.9. The third-order valence-corrected chi connectivity index (χ3v) is 3.24. The quantitative estimate of drug-likeness (QED) is 0.551. The lowest BCUT2D eigenvalue weighted by Crippen LogP contribution is -2.33. The van der Waals surface area contributed by atoms with Crippen molar-refractivity contribution in [2.45, 2.75) is 47.1 Å². The van der Waals surface area contributed by atoms with Gasteiger partial charge in [0.15, 0.2) is 0 Å². The molecular weight excluding hydrogens is 236 g/mol. The van der Waals surface area contributed by atoms with Gasteiger partial charge in [0.2, 0.25) is 0 Å². The summed E-state index contributed by atoms with van der Waals surface area (Å²) in [6.07, 6.45) is 5.71. The molecule has 0 radical (unpaired) electrons. The molecule has 0 aliphatic heterocycles. The monoisotopic (exact) mass is 264 g/mol. The van der Waals surface area contributed by atoms with E-state index in [0.29, 0.717) is 5.92 Å². The number of rotatable bonds is 9. The van der Waals surface area contributed by atoms with Gasteiger partial charge < -0.3 is 5.32 Å². The van der Waals surface area contributed by atoms with Gasteiger partial charge in [-0.25, -0.2) is 9.67 Å². The number of aromatic nitrogens is 3. The van der Waals surface area contributed by atoms with Gasteiger partial charge in [0.1, 0.15) is 12.2 Å². The van der Waals surface area contributed by atoms with E-state index in [1.165, 1.54) is 0 Å². The van der Waals surface area contributed by atoms with Crippen LogP contribution in [0.3, 0.4) is 0 Å². The molecule has 19 heavy (non-hydrogen) atoms. The molecule has 0 saturated carbocycles. The van der Waals surface area contributed by atoms with Crippen molar-refractivity contribution in [2.24, 2.45) is 11.3 Å². The average Bonchev–Trinajstić information content (AvgIpc) is 2.76. The molecule has 0 aromatic carbocycles. The maximum absolute atomic E-state index is 4.41. The highest BCUT2D eigenvalue weighted by Gasteiger charge is 2.23. The van der Waals surface area contributed by atoms with Crippen molar-refractivity contribution in [3.8, 4) is 0 Å². The summed E-state index contributed by atoms with van der Waals surface area (Å²) in [6.45, 7) is 15.7. The molecule has 0 amide bonds. The number of hydrogen-bond donors (Lipinski definition) is 1. The molecule has 1 atom stereocenters. The first-order valence-corrected chi connectivity index (χ1v) is 7.21. The molecule has 4 heteroatoms. The second kappa shape index (κ2) is 7.43. The summed E-state index contributed by atoms with van der Waals surface area (Å²) in [5.74, 6) is 1.63. The molecule has 1 aromatic rings. The van der Waals surface area contributed by atoms with Crippen molar-refractivity contribution in [1.29, 1.82) is 0 Å². The van der Waals surface area contributed by atoms with E-state index in [1.54, 1.807) is 6.33 Å². The first-order chi connectivity index (χ1) is 9.00. The van der Waals surface area contributed by atoms with Crippen LogP contribution in [0.1, 0.15) is 39.9 Å². The predicted molar refractivity (Wildman–Crippen MR) is 80.0 cm³/mol. The van der Waals surface area contributed by atoms with Gasteiger partial charge in [-0.15, -0.1) is 6.58 Å². The molecule has 1 aromatic heterocycles. The van der Waals surface area contributed by atoms with E-state index < -0.39 is 0 Å². The fourth-order valence-electron chi connectivity index (χ4n) is 2.04. The Morgan fingerprint density at radius 3 is 2.84 bits per heavy atom. The average molecular weight is 264 g/mol. The molecule has 1 heterocycles. The number of nitrogens with one attached hydrogen (secondary N) is 1. The van der Waals surface area contributed by atoms with Crippen LogP contribution in [0.4, 0.5) is 0 Å². The second-order valence-electron chi connectivity index (χ2n) is 5.96. The standard InChI is InChI=1S/C15H28N4/c1-6-8-16-11-15(5,7-2)9-14-17-12-18-19(14)10-13(3)4/h7,12-13,16H,2,6,8-11H2,1,3-5H3. The van der Waals surface area contributed by atoms with E-state index in [0.717, 1.165) is 38.3 Å². The van der Waals surface area contributed by atoms with Crippen molar-refractivity contribution in [3.63, 3.8) is 0 Å². The third-order valence-electron chi connectivity index (χ3n) is 3.24. The molecule has 0 bridgehead atoms. The Bertz CT molecular complexity index is 383. The Balaban J connectivity index is 2.69. The van der Waals surface area contributed by atoms with E-state index in [-0.39, 0.29) is 5.41 Å². The lowest BCUT2D eigenvalue weighted by Gasteiger charge is -2.26. The smallest absolute Gasteiger partial charge is 0.138 e. The van der Waals surface area contributed by atoms with Crippen LogP contribution in [0, 0.1) is 11.3 Å². The highest BCUT2D eigenvalue weighted by Crippen LogP contribution is 2.22. The molecule has 0 spiro atoms. The van der Waals surface area contributed by atoms with Crippen LogP contribution in [0.2, 0.25) is 0 Å². The normalized spacial score (nSPS) is 14.6. The van der Waals surface area contributed by atoms with Crippen LogP contribution in [-0.2, 0) is 13.0 Å². The van der Waals surface area contributed by atoms with Crippen molar-refractivity contribution >= 4 is 0 Å². The molecule has 1 N–H and O–H groups in total. The minimum Gasteiger partial charge on any atom is -0.316 e. The largest absolute Gasteiger partial charge is 0.316 e. The van der Waals surface area contributed by atoms with Gasteiger partial charge in [-0.3, -0.25) is 0 Å². The van der Waals surface area contributed by atoms with E-state index in [2.05, 4.69) is 49.7 Å². The maximum atomic E-state index is 4.41. The van der Waals surface area contributed by atoms with Crippen molar-refractivity contribution in [1.82, 2.24) is 20.1 Å². The summed E-state index contributed by atoms with van der Waals surface area (Å²) in [4.78, 5) is 4.41. The maximum Gasteiger partial charge on any atom is 0.138 e. The van der Waals surface area contributed by atoms with Gasteiger partial charge in [0.05, 0.1) is 0 Å². The molecular formula is C15H28N4. The van der Waals surface area contributed by atoms with Gasteiger partial charge in [-0.1, -0.05) is 33.8 Å². The molecule has 0 aliphatic rings. The second-order valence-corrected chi connectivity index (χ2v) is 5.96. The Kier molecular flexibility index (Phi) is 6.22. The highest BCUT2D eigenvalue weighted by atomic mass is 15.3. The molecule has 4 nitrogen and oxygen atoms in total. The van der Waals surface area contributed by atoms with Crippen LogP contribution in [0.5, 0.6) is 0 Å². The Labute approximate surface area is 117 Å². The SMILES string of the molecule is C=CC(C)(CNCCC)Cc1ncnn1CC(C)C. The lowest BCUT2D eigenvalue weighted by atomic mass is 9.86. The van der Waals surface area contributed by atoms with Crippen molar-refractivity contribution in [2.75, 3.05) is 13.1 Å². The van der Waals surface area contributed by atoms with Crippen LogP contribution < -0.4 is 5.32 Å². The molecule has 0 saturated heterocycles. The van der Waals surface area contributed by atoms with Crippen LogP contribution in [0.15, 0.2) is 19.0 Å². The van der Waals surface area contributed by atoms with E-state index in [1.807, 2.05) is 10.8 Å². The van der Waals surface area contributed by atoms with Gasteiger partial charge >= 0.3 is 0 Å². The predicted octanol–water partition coefficient (Wildman–Crippen LogP) is 2.67. The third kappa shape index (κ3) is 5.15. The van der Waals surface area contributed by atoms with Gasteiger partial charge in [0, 0.05) is 24.9 Å². The minimum atomic E-state index is 0.0247. The Morgan fingerprint density at radius 2 is 2.26 bits per heavy atom. The lowest BCUT2D eigenvalue weighted by molar-refractivity contribution is 0.365. The van der Waals surface area contributed by atoms with Gasteiger partial charge in [-0.2, -0.15) is 5.10 Å². The Hall–Kier alpha value is -1.16. The van der Waals surface area contributed by atoms with Crippen LogP contribution in [0.25, 0.3) is 0 Å². The fraction of sp³-hybridized carbons (Fsp3) is 0.733. The summed E-state index contributed by atoms with van der Waals surface area (Å²) in [7, 11) is 0. The first-order valence-electron chi connectivity index (χ1n) is 7.21.